The minimum Gasteiger partial charge on any atom is -0.497 e. The number of aryl methyl sites for hydroxylation is 1. The van der Waals surface area contributed by atoms with E-state index in [0.717, 1.165) is 49.1 Å². The van der Waals surface area contributed by atoms with Gasteiger partial charge in [0.2, 0.25) is 5.95 Å². The first-order chi connectivity index (χ1) is 14.1. The summed E-state index contributed by atoms with van der Waals surface area (Å²) in [6.07, 6.45) is 0. The van der Waals surface area contributed by atoms with Crippen LogP contribution in [0.3, 0.4) is 0 Å². The Morgan fingerprint density at radius 3 is 2.45 bits per heavy atom. The van der Waals surface area contributed by atoms with E-state index in [9.17, 15) is 4.39 Å². The van der Waals surface area contributed by atoms with Crippen molar-refractivity contribution in [2.75, 3.05) is 48.4 Å². The van der Waals surface area contributed by atoms with Crippen LogP contribution in [0.4, 0.5) is 27.5 Å². The van der Waals surface area contributed by atoms with Gasteiger partial charge in [-0.3, -0.25) is 0 Å². The summed E-state index contributed by atoms with van der Waals surface area (Å²) >= 11 is 0. The molecule has 1 N–H and O–H groups in total. The first-order valence-corrected chi connectivity index (χ1v) is 9.63. The Balaban J connectivity index is 1.47. The molecule has 3 aromatic rings. The van der Waals surface area contributed by atoms with Gasteiger partial charge in [0.25, 0.3) is 0 Å². The molecule has 0 unspecified atom stereocenters. The van der Waals surface area contributed by atoms with Crippen molar-refractivity contribution < 1.29 is 9.13 Å². The van der Waals surface area contributed by atoms with Crippen LogP contribution in [0, 0.1) is 12.7 Å². The Morgan fingerprint density at radius 2 is 1.69 bits per heavy atom. The highest BCUT2D eigenvalue weighted by Gasteiger charge is 2.21. The molecule has 0 radical (unpaired) electrons. The molecule has 2 heterocycles. The molecular formula is C22H24FN5O. The molecule has 0 spiro atoms. The summed E-state index contributed by atoms with van der Waals surface area (Å²) in [6, 6.07) is 16.6. The predicted molar refractivity (Wildman–Crippen MR) is 114 cm³/mol. The Labute approximate surface area is 170 Å². The van der Waals surface area contributed by atoms with E-state index in [-0.39, 0.29) is 5.82 Å². The average Bonchev–Trinajstić information content (AvgIpc) is 2.74. The largest absolute Gasteiger partial charge is 0.497 e. The van der Waals surface area contributed by atoms with E-state index in [1.54, 1.807) is 13.2 Å². The number of nitrogens with zero attached hydrogens (tertiary/aromatic N) is 4. The van der Waals surface area contributed by atoms with Crippen LogP contribution in [0.25, 0.3) is 0 Å². The van der Waals surface area contributed by atoms with Crippen molar-refractivity contribution in [1.82, 2.24) is 9.97 Å². The summed E-state index contributed by atoms with van der Waals surface area (Å²) in [4.78, 5) is 13.5. The summed E-state index contributed by atoms with van der Waals surface area (Å²) in [5.74, 6) is 2.01. The molecule has 0 atom stereocenters. The van der Waals surface area contributed by atoms with Crippen LogP contribution in [0.2, 0.25) is 0 Å². The molecule has 0 aliphatic carbocycles. The van der Waals surface area contributed by atoms with Crippen molar-refractivity contribution in [3.05, 3.63) is 66.1 Å². The fourth-order valence-electron chi connectivity index (χ4n) is 3.48. The average molecular weight is 393 g/mol. The molecule has 0 amide bonds. The molecule has 29 heavy (non-hydrogen) atoms. The molecule has 1 aliphatic heterocycles. The third kappa shape index (κ3) is 4.39. The van der Waals surface area contributed by atoms with Gasteiger partial charge in [-0.15, -0.1) is 0 Å². The predicted octanol–water partition coefficient (Wildman–Crippen LogP) is 4.00. The molecule has 1 aromatic heterocycles. The Bertz CT molecular complexity index is 988. The molecule has 1 saturated heterocycles. The van der Waals surface area contributed by atoms with E-state index in [1.165, 1.54) is 6.07 Å². The molecule has 2 aromatic carbocycles. The second-order valence-corrected chi connectivity index (χ2v) is 6.97. The van der Waals surface area contributed by atoms with Crippen LogP contribution in [-0.4, -0.2) is 43.3 Å². The van der Waals surface area contributed by atoms with Crippen LogP contribution < -0.4 is 19.9 Å². The summed E-state index contributed by atoms with van der Waals surface area (Å²) in [5, 5.41) is 3.25. The fraction of sp³-hybridized carbons (Fsp3) is 0.273. The number of hydrogen-bond donors (Lipinski definition) is 1. The maximum absolute atomic E-state index is 14.1. The lowest BCUT2D eigenvalue weighted by molar-refractivity contribution is 0.415. The number of hydrogen-bond acceptors (Lipinski definition) is 6. The standard InChI is InChI=1S/C22H24FN5O/c1-16-14-21(26-22(24-16)25-17-6-5-7-18(15-17)29-2)28-12-10-27(11-13-28)20-9-4-3-8-19(20)23/h3-9,14-15H,10-13H2,1-2H3,(H,24,25,26). The third-order valence-electron chi connectivity index (χ3n) is 4.96. The van der Waals surface area contributed by atoms with Crippen LogP contribution in [0.15, 0.2) is 54.6 Å². The first kappa shape index (κ1) is 19.0. The van der Waals surface area contributed by atoms with E-state index in [0.29, 0.717) is 11.6 Å². The molecule has 6 nitrogen and oxygen atoms in total. The molecule has 7 heteroatoms. The van der Waals surface area contributed by atoms with Gasteiger partial charge in [-0.05, 0) is 31.2 Å². The van der Waals surface area contributed by atoms with Crippen molar-refractivity contribution in [3.63, 3.8) is 0 Å². The number of piperazine rings is 1. The zero-order chi connectivity index (χ0) is 20.2. The van der Waals surface area contributed by atoms with Gasteiger partial charge in [-0.1, -0.05) is 18.2 Å². The van der Waals surface area contributed by atoms with Crippen molar-refractivity contribution in [3.8, 4) is 5.75 Å². The lowest BCUT2D eigenvalue weighted by Crippen LogP contribution is -2.47. The maximum Gasteiger partial charge on any atom is 0.229 e. The molecule has 1 fully saturated rings. The number of methoxy groups -OCH3 is 1. The van der Waals surface area contributed by atoms with Gasteiger partial charge >= 0.3 is 0 Å². The molecular weight excluding hydrogens is 369 g/mol. The normalized spacial score (nSPS) is 14.0. The number of para-hydroxylation sites is 1. The van der Waals surface area contributed by atoms with E-state index in [4.69, 9.17) is 9.72 Å². The summed E-state index contributed by atoms with van der Waals surface area (Å²) in [5.41, 5.74) is 2.41. The summed E-state index contributed by atoms with van der Waals surface area (Å²) < 4.78 is 19.3. The second kappa shape index (κ2) is 8.34. The van der Waals surface area contributed by atoms with Crippen molar-refractivity contribution in [1.29, 1.82) is 0 Å². The highest BCUT2D eigenvalue weighted by Crippen LogP contribution is 2.24. The molecule has 1 aliphatic rings. The molecule has 0 bridgehead atoms. The Kier molecular flexibility index (Phi) is 5.46. The van der Waals surface area contributed by atoms with Crippen molar-refractivity contribution in [2.24, 2.45) is 0 Å². The quantitative estimate of drug-likeness (QED) is 0.707. The number of nitrogens with one attached hydrogen (secondary N) is 1. The van der Waals surface area contributed by atoms with Crippen LogP contribution in [-0.2, 0) is 0 Å². The number of ether oxygens (including phenoxy) is 1. The van der Waals surface area contributed by atoms with Gasteiger partial charge in [0.05, 0.1) is 12.8 Å². The monoisotopic (exact) mass is 393 g/mol. The smallest absolute Gasteiger partial charge is 0.229 e. The minimum absolute atomic E-state index is 0.177. The molecule has 150 valence electrons. The number of benzene rings is 2. The maximum atomic E-state index is 14.1. The van der Waals surface area contributed by atoms with E-state index in [1.807, 2.05) is 49.4 Å². The molecule has 4 rings (SSSR count). The van der Waals surface area contributed by atoms with Gasteiger partial charge in [0, 0.05) is 49.7 Å². The number of rotatable bonds is 5. The van der Waals surface area contributed by atoms with E-state index >= 15 is 0 Å². The first-order valence-electron chi connectivity index (χ1n) is 9.63. The Hall–Kier alpha value is -3.35. The van der Waals surface area contributed by atoms with Gasteiger partial charge in [0.1, 0.15) is 17.4 Å². The SMILES string of the molecule is COc1cccc(Nc2nc(C)cc(N3CCN(c4ccccc4F)CC3)n2)c1. The summed E-state index contributed by atoms with van der Waals surface area (Å²) in [6.45, 7) is 4.97. The van der Waals surface area contributed by atoms with Crippen LogP contribution in [0.5, 0.6) is 5.75 Å². The highest BCUT2D eigenvalue weighted by molar-refractivity contribution is 5.58. The van der Waals surface area contributed by atoms with E-state index < -0.39 is 0 Å². The van der Waals surface area contributed by atoms with E-state index in [2.05, 4.69) is 20.1 Å². The minimum atomic E-state index is -0.177. The lowest BCUT2D eigenvalue weighted by atomic mass is 10.2. The zero-order valence-corrected chi connectivity index (χ0v) is 16.6. The molecule has 0 saturated carbocycles. The fourth-order valence-corrected chi connectivity index (χ4v) is 3.48. The third-order valence-corrected chi connectivity index (χ3v) is 4.96. The van der Waals surface area contributed by atoms with Crippen LogP contribution in [0.1, 0.15) is 5.69 Å². The van der Waals surface area contributed by atoms with Gasteiger partial charge in [-0.25, -0.2) is 9.37 Å². The van der Waals surface area contributed by atoms with Gasteiger partial charge in [-0.2, -0.15) is 4.98 Å². The topological polar surface area (TPSA) is 53.5 Å². The second-order valence-electron chi connectivity index (χ2n) is 6.97. The summed E-state index contributed by atoms with van der Waals surface area (Å²) in [7, 11) is 1.64. The van der Waals surface area contributed by atoms with Crippen molar-refractivity contribution >= 4 is 23.1 Å². The highest BCUT2D eigenvalue weighted by atomic mass is 19.1. The van der Waals surface area contributed by atoms with Crippen LogP contribution >= 0.6 is 0 Å². The van der Waals surface area contributed by atoms with Gasteiger partial charge < -0.3 is 19.9 Å². The zero-order valence-electron chi connectivity index (χ0n) is 16.6. The van der Waals surface area contributed by atoms with Crippen molar-refractivity contribution in [2.45, 2.75) is 6.92 Å². The van der Waals surface area contributed by atoms with Gasteiger partial charge in [0.15, 0.2) is 0 Å². The Morgan fingerprint density at radius 1 is 0.931 bits per heavy atom. The lowest BCUT2D eigenvalue weighted by Gasteiger charge is -2.37. The number of aromatic nitrogens is 2. The number of anilines is 4. The number of halogens is 1.